The van der Waals surface area contributed by atoms with Crippen molar-refractivity contribution in [1.29, 1.82) is 0 Å². The van der Waals surface area contributed by atoms with Gasteiger partial charge >= 0.3 is 0 Å². The summed E-state index contributed by atoms with van der Waals surface area (Å²) in [5, 5.41) is 11.4. The van der Waals surface area contributed by atoms with Crippen LogP contribution in [0.25, 0.3) is 10.8 Å². The maximum Gasteiger partial charge on any atom is 0.123 e. The van der Waals surface area contributed by atoms with Crippen molar-refractivity contribution >= 4 is 10.8 Å². The molecule has 0 aliphatic heterocycles. The normalized spacial score (nSPS) is 10.7. The summed E-state index contributed by atoms with van der Waals surface area (Å²) in [6, 6.07) is 13.9. The maximum absolute atomic E-state index is 9.10. The zero-order valence-corrected chi connectivity index (χ0v) is 13.0. The van der Waals surface area contributed by atoms with Gasteiger partial charge in [-0.05, 0) is 47.2 Å². The molecule has 0 radical (unpaired) electrons. The molecule has 0 saturated carbocycles. The van der Waals surface area contributed by atoms with E-state index in [1.165, 1.54) is 0 Å². The van der Waals surface area contributed by atoms with Gasteiger partial charge in [0.2, 0.25) is 0 Å². The number of pyridine rings is 1. The number of methoxy groups -OCH3 is 1. The Morgan fingerprint density at radius 1 is 0.957 bits per heavy atom. The number of benzene rings is 2. The van der Waals surface area contributed by atoms with E-state index in [9.17, 15) is 0 Å². The Balaban J connectivity index is 1.77. The molecule has 4 heteroatoms. The molecule has 1 heterocycles. The highest BCUT2D eigenvalue weighted by atomic mass is 16.5. The first-order chi connectivity index (χ1) is 11.3. The lowest BCUT2D eigenvalue weighted by Gasteiger charge is -2.11. The van der Waals surface area contributed by atoms with Crippen molar-refractivity contribution in [2.45, 2.75) is 13.0 Å². The fraction of sp³-hybridized carbons (Fsp3) is 0.211. The molecule has 0 aliphatic rings. The van der Waals surface area contributed by atoms with Crippen molar-refractivity contribution in [1.82, 2.24) is 4.98 Å². The van der Waals surface area contributed by atoms with Gasteiger partial charge in [-0.1, -0.05) is 12.1 Å². The van der Waals surface area contributed by atoms with Crippen molar-refractivity contribution in [3.8, 4) is 11.5 Å². The number of fused-ring (bicyclic) bond motifs is 1. The molecule has 2 aromatic carbocycles. The van der Waals surface area contributed by atoms with Crippen LogP contribution in [-0.2, 0) is 13.0 Å². The minimum atomic E-state index is 0.102. The van der Waals surface area contributed by atoms with Crippen LogP contribution in [0.4, 0.5) is 0 Å². The molecule has 0 fully saturated rings. The van der Waals surface area contributed by atoms with Crippen LogP contribution in [0.5, 0.6) is 11.5 Å². The number of rotatable bonds is 6. The summed E-state index contributed by atoms with van der Waals surface area (Å²) < 4.78 is 11.2. The van der Waals surface area contributed by atoms with Gasteiger partial charge in [0.05, 0.1) is 7.11 Å². The average Bonchev–Trinajstić information content (AvgIpc) is 2.60. The molecular weight excluding hydrogens is 290 g/mol. The summed E-state index contributed by atoms with van der Waals surface area (Å²) in [6.07, 6.45) is 4.22. The lowest BCUT2D eigenvalue weighted by molar-refractivity contribution is 0.295. The van der Waals surface area contributed by atoms with Crippen LogP contribution in [0.3, 0.4) is 0 Å². The summed E-state index contributed by atoms with van der Waals surface area (Å²) in [7, 11) is 1.62. The van der Waals surface area contributed by atoms with Gasteiger partial charge in [0, 0.05) is 30.5 Å². The number of aliphatic hydroxyl groups excluding tert-OH is 1. The predicted octanol–water partition coefficient (Wildman–Crippen LogP) is 3.36. The van der Waals surface area contributed by atoms with E-state index in [2.05, 4.69) is 11.1 Å². The molecular formula is C19H19NO3. The Hall–Kier alpha value is -2.59. The molecule has 0 amide bonds. The zero-order valence-electron chi connectivity index (χ0n) is 13.0. The first kappa shape index (κ1) is 15.3. The topological polar surface area (TPSA) is 51.6 Å². The van der Waals surface area contributed by atoms with Gasteiger partial charge in [0.15, 0.2) is 0 Å². The third-order valence-electron chi connectivity index (χ3n) is 3.69. The van der Waals surface area contributed by atoms with Crippen LogP contribution in [0.2, 0.25) is 0 Å². The van der Waals surface area contributed by atoms with Crippen LogP contribution in [0.1, 0.15) is 11.1 Å². The molecule has 0 unspecified atom stereocenters. The number of nitrogens with zero attached hydrogens (tertiary/aromatic N) is 1. The third kappa shape index (κ3) is 3.79. The van der Waals surface area contributed by atoms with Crippen molar-refractivity contribution in [2.75, 3.05) is 13.7 Å². The van der Waals surface area contributed by atoms with Crippen molar-refractivity contribution in [3.05, 3.63) is 66.0 Å². The van der Waals surface area contributed by atoms with E-state index in [1.54, 1.807) is 13.3 Å². The molecule has 3 rings (SSSR count). The second-order valence-corrected chi connectivity index (χ2v) is 5.34. The molecule has 23 heavy (non-hydrogen) atoms. The van der Waals surface area contributed by atoms with Crippen LogP contribution in [0, 0.1) is 0 Å². The highest BCUT2D eigenvalue weighted by molar-refractivity contribution is 5.81. The lowest BCUT2D eigenvalue weighted by Crippen LogP contribution is -1.98. The van der Waals surface area contributed by atoms with Gasteiger partial charge in [-0.2, -0.15) is 0 Å². The SMILES string of the molecule is COc1cc(CCO)cc(OCc2ccc3cnccc3c2)c1. The lowest BCUT2D eigenvalue weighted by atomic mass is 10.1. The minimum absolute atomic E-state index is 0.102. The quantitative estimate of drug-likeness (QED) is 0.758. The largest absolute Gasteiger partial charge is 0.497 e. The highest BCUT2D eigenvalue weighted by Gasteiger charge is 2.04. The summed E-state index contributed by atoms with van der Waals surface area (Å²) in [5.41, 5.74) is 2.08. The van der Waals surface area contributed by atoms with Crippen LogP contribution < -0.4 is 9.47 Å². The van der Waals surface area contributed by atoms with Gasteiger partial charge in [0.1, 0.15) is 18.1 Å². The monoisotopic (exact) mass is 309 g/mol. The number of ether oxygens (including phenoxy) is 2. The molecule has 1 N–H and O–H groups in total. The van der Waals surface area contributed by atoms with Crippen molar-refractivity contribution in [3.63, 3.8) is 0 Å². The van der Waals surface area contributed by atoms with E-state index >= 15 is 0 Å². The van der Waals surface area contributed by atoms with Crippen molar-refractivity contribution in [2.24, 2.45) is 0 Å². The van der Waals surface area contributed by atoms with Gasteiger partial charge < -0.3 is 14.6 Å². The fourth-order valence-electron chi connectivity index (χ4n) is 2.49. The number of hydrogen-bond donors (Lipinski definition) is 1. The van der Waals surface area contributed by atoms with E-state index in [0.29, 0.717) is 13.0 Å². The molecule has 0 spiro atoms. The minimum Gasteiger partial charge on any atom is -0.497 e. The van der Waals surface area contributed by atoms with E-state index in [1.807, 2.05) is 42.6 Å². The summed E-state index contributed by atoms with van der Waals surface area (Å²) in [6.45, 7) is 0.579. The fourth-order valence-corrected chi connectivity index (χ4v) is 2.49. The molecule has 0 bridgehead atoms. The number of hydrogen-bond acceptors (Lipinski definition) is 4. The molecule has 4 nitrogen and oxygen atoms in total. The van der Waals surface area contributed by atoms with Gasteiger partial charge in [-0.15, -0.1) is 0 Å². The van der Waals surface area contributed by atoms with Crippen LogP contribution in [-0.4, -0.2) is 23.8 Å². The Labute approximate surface area is 135 Å². The highest BCUT2D eigenvalue weighted by Crippen LogP contribution is 2.24. The van der Waals surface area contributed by atoms with Gasteiger partial charge in [-0.25, -0.2) is 0 Å². The first-order valence-electron chi connectivity index (χ1n) is 7.53. The number of aromatic nitrogens is 1. The van der Waals surface area contributed by atoms with Crippen LogP contribution >= 0.6 is 0 Å². The van der Waals surface area contributed by atoms with E-state index in [0.717, 1.165) is 33.4 Å². The average molecular weight is 309 g/mol. The Morgan fingerprint density at radius 2 is 1.83 bits per heavy atom. The Bertz CT molecular complexity index is 801. The molecule has 0 aliphatic carbocycles. The Kier molecular flexibility index (Phi) is 4.74. The summed E-state index contributed by atoms with van der Waals surface area (Å²) >= 11 is 0. The third-order valence-corrected chi connectivity index (χ3v) is 3.69. The smallest absolute Gasteiger partial charge is 0.123 e. The number of aliphatic hydroxyl groups is 1. The van der Waals surface area contributed by atoms with Gasteiger partial charge in [0.25, 0.3) is 0 Å². The molecule has 0 atom stereocenters. The molecule has 0 saturated heterocycles. The van der Waals surface area contributed by atoms with E-state index < -0.39 is 0 Å². The maximum atomic E-state index is 9.10. The van der Waals surface area contributed by atoms with Crippen LogP contribution in [0.15, 0.2) is 54.9 Å². The molecule has 1 aromatic heterocycles. The van der Waals surface area contributed by atoms with E-state index in [4.69, 9.17) is 14.6 Å². The first-order valence-corrected chi connectivity index (χ1v) is 7.53. The summed E-state index contributed by atoms with van der Waals surface area (Å²) in [5.74, 6) is 1.47. The van der Waals surface area contributed by atoms with Crippen molar-refractivity contribution < 1.29 is 14.6 Å². The molecule has 3 aromatic rings. The zero-order chi connectivity index (χ0) is 16.1. The summed E-state index contributed by atoms with van der Waals surface area (Å²) in [4.78, 5) is 4.12. The van der Waals surface area contributed by atoms with E-state index in [-0.39, 0.29) is 6.61 Å². The van der Waals surface area contributed by atoms with Gasteiger partial charge in [-0.3, -0.25) is 4.98 Å². The predicted molar refractivity (Wildman–Crippen MR) is 89.9 cm³/mol. The second kappa shape index (κ2) is 7.11. The Morgan fingerprint density at radius 3 is 2.65 bits per heavy atom. The molecule has 118 valence electrons. The second-order valence-electron chi connectivity index (χ2n) is 5.34. The standard InChI is InChI=1S/C19H19NO3/c1-22-18-9-14(5-7-21)10-19(11-18)23-13-15-2-3-17-12-20-6-4-16(17)8-15/h2-4,6,8-12,21H,5,7,13H2,1H3.